The number of sulfone groups is 1. The predicted octanol–water partition coefficient (Wildman–Crippen LogP) is 4.69. The maximum absolute atomic E-state index is 12.0. The Morgan fingerprint density at radius 1 is 0.842 bits per heavy atom. The van der Waals surface area contributed by atoms with Gasteiger partial charge in [-0.3, -0.25) is 8.42 Å². The van der Waals surface area contributed by atoms with Crippen LogP contribution in [-0.2, 0) is 9.84 Å². The fraction of sp³-hybridized carbons (Fsp3) is 0.933. The number of hydrogen-bond acceptors (Lipinski definition) is 2. The molecular weight excluding hydrogens is 275 g/mol. The van der Waals surface area contributed by atoms with E-state index in [4.69, 9.17) is 0 Å². The Balaban J connectivity index is 2.15. The van der Waals surface area contributed by atoms with Crippen LogP contribution in [0.15, 0.2) is 0 Å². The van der Waals surface area contributed by atoms with Gasteiger partial charge in [-0.05, 0) is 37.0 Å². The van der Waals surface area contributed by atoms with Gasteiger partial charge in [-0.25, -0.2) is 7.92 Å². The van der Waals surface area contributed by atoms with Crippen molar-refractivity contribution in [3.05, 3.63) is 4.99 Å². The molecule has 0 unspecified atom stereocenters. The lowest BCUT2D eigenvalue weighted by molar-refractivity contribution is 0.485. The normalized spacial score (nSPS) is 24.2. The van der Waals surface area contributed by atoms with E-state index in [1.807, 2.05) is 6.92 Å². The molecule has 0 N–H and O–H groups in total. The second kappa shape index (κ2) is 6.89. The Hall–Kier alpha value is 0.380. The van der Waals surface area contributed by atoms with Crippen molar-refractivity contribution >= 4 is 17.8 Å². The molecule has 2 nitrogen and oxygen atoms in total. The van der Waals surface area contributed by atoms with Crippen molar-refractivity contribution < 1.29 is 8.42 Å². The lowest BCUT2D eigenvalue weighted by Gasteiger charge is -2.49. The van der Waals surface area contributed by atoms with E-state index in [9.17, 15) is 8.42 Å². The van der Waals surface area contributed by atoms with Crippen LogP contribution < -0.4 is 0 Å². The lowest BCUT2D eigenvalue weighted by Crippen LogP contribution is -2.25. The van der Waals surface area contributed by atoms with Crippen LogP contribution in [0.2, 0.25) is 0 Å². The van der Waals surface area contributed by atoms with Crippen molar-refractivity contribution in [2.45, 2.75) is 82.4 Å². The van der Waals surface area contributed by atoms with Crippen molar-refractivity contribution in [1.82, 2.24) is 0 Å². The molecule has 2 aliphatic carbocycles. The molecule has 2 rings (SSSR count). The summed E-state index contributed by atoms with van der Waals surface area (Å²) in [4.78, 5) is 0.848. The van der Waals surface area contributed by atoms with Gasteiger partial charge in [0.15, 0.2) is 0 Å². The van der Waals surface area contributed by atoms with Crippen LogP contribution in [0.1, 0.15) is 71.1 Å². The predicted molar refractivity (Wildman–Crippen MR) is 84.4 cm³/mol. The Bertz CT molecular complexity index is 350. The molecule has 4 heteroatoms. The summed E-state index contributed by atoms with van der Waals surface area (Å²) in [5.41, 5.74) is 1.39. The molecule has 2 saturated carbocycles. The third-order valence-corrected chi connectivity index (χ3v) is 10.9. The zero-order valence-electron chi connectivity index (χ0n) is 12.4. The highest BCUT2D eigenvalue weighted by atomic mass is 32.2. The molecule has 19 heavy (non-hydrogen) atoms. The van der Waals surface area contributed by atoms with E-state index in [-0.39, 0.29) is 0 Å². The second-order valence-electron chi connectivity index (χ2n) is 6.28. The summed E-state index contributed by atoms with van der Waals surface area (Å²) in [6.07, 6.45) is 14.5. The molecule has 2 aliphatic rings. The summed E-state index contributed by atoms with van der Waals surface area (Å²) >= 11 is 0. The standard InChI is InChI=1S/C15H28O2PS/c1-13(19(2,16)17)18(14-9-5-3-6-10-14)15-11-7-4-8-12-15/h14-15H,3-12H2,1-2H3/q-1. The molecule has 0 amide bonds. The SMILES string of the molecule is C[C-](P(C1CCCCC1)C1CCCCC1)S(C)(=O)=O. The van der Waals surface area contributed by atoms with Gasteiger partial charge >= 0.3 is 0 Å². The largest absolute Gasteiger partial charge is 0.262 e. The molecule has 2 fully saturated rings. The smallest absolute Gasteiger partial charge is 0.0275 e. The summed E-state index contributed by atoms with van der Waals surface area (Å²) in [5, 5.41) is 0. The van der Waals surface area contributed by atoms with Crippen molar-refractivity contribution in [1.29, 1.82) is 0 Å². The average Bonchev–Trinajstić information content (AvgIpc) is 2.40. The van der Waals surface area contributed by atoms with Gasteiger partial charge < -0.3 is 0 Å². The summed E-state index contributed by atoms with van der Waals surface area (Å²) in [6.45, 7) is 1.92. The molecular formula is C15H28O2PS-. The number of rotatable bonds is 4. The van der Waals surface area contributed by atoms with Crippen LogP contribution in [0.4, 0.5) is 0 Å². The summed E-state index contributed by atoms with van der Waals surface area (Å²) in [7, 11) is -3.37. The van der Waals surface area contributed by atoms with Gasteiger partial charge in [-0.15, -0.1) is 0 Å². The lowest BCUT2D eigenvalue weighted by atomic mass is 9.99. The van der Waals surface area contributed by atoms with E-state index in [0.29, 0.717) is 11.3 Å². The van der Waals surface area contributed by atoms with E-state index in [1.54, 1.807) is 0 Å². The molecule has 0 aromatic heterocycles. The minimum atomic E-state index is -2.96. The summed E-state index contributed by atoms with van der Waals surface area (Å²) in [5.74, 6) is 0. The van der Waals surface area contributed by atoms with E-state index in [1.165, 1.54) is 70.5 Å². The highest BCUT2D eigenvalue weighted by Crippen LogP contribution is 2.63. The van der Waals surface area contributed by atoms with Gasteiger partial charge in [-0.2, -0.15) is 11.9 Å². The highest BCUT2D eigenvalue weighted by molar-refractivity contribution is 8.02. The van der Waals surface area contributed by atoms with Gasteiger partial charge in [0.1, 0.15) is 0 Å². The molecule has 0 radical (unpaired) electrons. The van der Waals surface area contributed by atoms with Crippen LogP contribution in [0, 0.1) is 4.99 Å². The van der Waals surface area contributed by atoms with Crippen LogP contribution in [0.25, 0.3) is 0 Å². The molecule has 112 valence electrons. The van der Waals surface area contributed by atoms with Crippen molar-refractivity contribution in [2.24, 2.45) is 0 Å². The first kappa shape index (κ1) is 15.8. The minimum absolute atomic E-state index is 0.418. The van der Waals surface area contributed by atoms with Crippen LogP contribution in [0.5, 0.6) is 0 Å². The first-order valence-corrected chi connectivity index (χ1v) is 11.2. The molecule has 0 aromatic rings. The summed E-state index contributed by atoms with van der Waals surface area (Å²) < 4.78 is 24.1. The quantitative estimate of drug-likeness (QED) is 0.558. The van der Waals surface area contributed by atoms with Crippen LogP contribution >= 0.6 is 7.92 Å². The first-order valence-electron chi connectivity index (χ1n) is 7.82. The fourth-order valence-electron chi connectivity index (χ4n) is 3.72. The van der Waals surface area contributed by atoms with E-state index in [2.05, 4.69) is 0 Å². The van der Waals surface area contributed by atoms with E-state index >= 15 is 0 Å². The summed E-state index contributed by atoms with van der Waals surface area (Å²) in [6, 6.07) is 0. The third kappa shape index (κ3) is 4.17. The Labute approximate surface area is 120 Å². The Morgan fingerprint density at radius 2 is 1.21 bits per heavy atom. The number of hydrogen-bond donors (Lipinski definition) is 0. The molecule has 0 bridgehead atoms. The average molecular weight is 303 g/mol. The van der Waals surface area contributed by atoms with E-state index in [0.717, 1.165) is 4.99 Å². The van der Waals surface area contributed by atoms with Crippen molar-refractivity contribution in [3.63, 3.8) is 0 Å². The maximum Gasteiger partial charge on any atom is 0.0275 e. The fourth-order valence-corrected chi connectivity index (χ4v) is 9.62. The molecule has 0 heterocycles. The van der Waals surface area contributed by atoms with Crippen LogP contribution in [-0.4, -0.2) is 26.0 Å². The van der Waals surface area contributed by atoms with E-state index < -0.39 is 17.8 Å². The van der Waals surface area contributed by atoms with Gasteiger partial charge in [0.2, 0.25) is 0 Å². The zero-order valence-corrected chi connectivity index (χ0v) is 14.1. The Kier molecular flexibility index (Phi) is 5.72. The Morgan fingerprint density at radius 3 is 1.53 bits per heavy atom. The van der Waals surface area contributed by atoms with Crippen LogP contribution in [0.3, 0.4) is 0 Å². The topological polar surface area (TPSA) is 34.1 Å². The third-order valence-electron chi connectivity index (χ3n) is 4.84. The van der Waals surface area contributed by atoms with Crippen molar-refractivity contribution in [3.8, 4) is 0 Å². The first-order chi connectivity index (χ1) is 9.00. The van der Waals surface area contributed by atoms with Gasteiger partial charge in [0, 0.05) is 16.1 Å². The molecule has 0 saturated heterocycles. The van der Waals surface area contributed by atoms with Gasteiger partial charge in [-0.1, -0.05) is 38.5 Å². The zero-order chi connectivity index (χ0) is 13.9. The minimum Gasteiger partial charge on any atom is -0.262 e. The monoisotopic (exact) mass is 303 g/mol. The van der Waals surface area contributed by atoms with Gasteiger partial charge in [0.05, 0.1) is 0 Å². The van der Waals surface area contributed by atoms with Gasteiger partial charge in [0.25, 0.3) is 0 Å². The molecule has 0 atom stereocenters. The highest BCUT2D eigenvalue weighted by Gasteiger charge is 2.29. The molecule has 0 aliphatic heterocycles. The van der Waals surface area contributed by atoms with Crippen molar-refractivity contribution in [2.75, 3.05) is 6.26 Å². The maximum atomic E-state index is 12.0. The molecule has 0 spiro atoms. The molecule has 0 aromatic carbocycles. The second-order valence-corrected chi connectivity index (χ2v) is 11.7.